The van der Waals surface area contributed by atoms with Crippen molar-refractivity contribution in [2.24, 2.45) is 0 Å². The van der Waals surface area contributed by atoms with E-state index in [2.05, 4.69) is 15.5 Å². The molecule has 104 valence electrons. The number of nitrogens with zero attached hydrogens (tertiary/aromatic N) is 1. The molecule has 0 radical (unpaired) electrons. The van der Waals surface area contributed by atoms with Crippen LogP contribution in [0.25, 0.3) is 0 Å². The highest BCUT2D eigenvalue weighted by Gasteiger charge is 2.12. The maximum Gasteiger partial charge on any atom is 0.263 e. The van der Waals surface area contributed by atoms with Crippen LogP contribution in [-0.2, 0) is 4.79 Å². The molecule has 0 saturated carbocycles. The summed E-state index contributed by atoms with van der Waals surface area (Å²) in [5.41, 5.74) is 0.738. The van der Waals surface area contributed by atoms with Gasteiger partial charge < -0.3 is 15.2 Å². The van der Waals surface area contributed by atoms with Gasteiger partial charge in [0.2, 0.25) is 0 Å². The molecule has 20 heavy (non-hydrogen) atoms. The van der Waals surface area contributed by atoms with E-state index in [4.69, 9.17) is 4.74 Å². The minimum atomic E-state index is -0.410. The number of amides is 1. The number of hydrogen-bond donors (Lipinski definition) is 3. The van der Waals surface area contributed by atoms with Gasteiger partial charge in [-0.15, -0.1) is 0 Å². The second-order valence-corrected chi connectivity index (χ2v) is 4.12. The van der Waals surface area contributed by atoms with Crippen molar-refractivity contribution in [1.29, 1.82) is 0 Å². The summed E-state index contributed by atoms with van der Waals surface area (Å²) in [5.74, 6) is 0.0228. The van der Waals surface area contributed by atoms with Gasteiger partial charge in [-0.05, 0) is 24.6 Å². The molecule has 0 aliphatic carbocycles. The van der Waals surface area contributed by atoms with E-state index < -0.39 is 5.91 Å². The molecule has 0 aliphatic heterocycles. The number of aryl methyl sites for hydroxylation is 1. The fraction of sp³-hybridized carbons (Fsp3) is 0.154. The van der Waals surface area contributed by atoms with Gasteiger partial charge in [0.25, 0.3) is 5.91 Å². The average molecular weight is 275 g/mol. The van der Waals surface area contributed by atoms with Gasteiger partial charge in [-0.3, -0.25) is 14.7 Å². The Hall–Kier alpha value is -2.83. The van der Waals surface area contributed by atoms with Crippen molar-refractivity contribution in [2.45, 2.75) is 6.92 Å². The van der Waals surface area contributed by atoms with Gasteiger partial charge in [-0.2, -0.15) is 5.10 Å². The van der Waals surface area contributed by atoms with Crippen LogP contribution in [0.2, 0.25) is 0 Å². The second kappa shape index (κ2) is 5.87. The first-order valence-corrected chi connectivity index (χ1v) is 5.81. The van der Waals surface area contributed by atoms with E-state index in [0.717, 1.165) is 5.56 Å². The molecular weight excluding hydrogens is 262 g/mol. The van der Waals surface area contributed by atoms with Crippen molar-refractivity contribution >= 4 is 18.0 Å². The number of H-pyrrole nitrogens is 1. The molecule has 0 unspecified atom stereocenters. The Morgan fingerprint density at radius 1 is 1.55 bits per heavy atom. The number of anilines is 1. The number of aromatic hydroxyl groups is 1. The summed E-state index contributed by atoms with van der Waals surface area (Å²) in [4.78, 5) is 22.5. The summed E-state index contributed by atoms with van der Waals surface area (Å²) in [6, 6.07) is 4.61. The third-order valence-electron chi connectivity index (χ3n) is 2.52. The first kappa shape index (κ1) is 13.6. The van der Waals surface area contributed by atoms with E-state index in [9.17, 15) is 14.7 Å². The van der Waals surface area contributed by atoms with Crippen LogP contribution in [0.4, 0.5) is 5.82 Å². The molecule has 0 atom stereocenters. The number of hydrogen-bond acceptors (Lipinski definition) is 5. The number of phenols is 1. The normalized spacial score (nSPS) is 10.1. The maximum atomic E-state index is 11.6. The standard InChI is InChI=1S/C13H13N3O4/c1-8-4-10(18)9(6-17)11(5-8)20-7-13(19)15-12-2-3-14-16-12/h2-6,18H,7H2,1H3,(H2,14,15,16,19). The first-order chi connectivity index (χ1) is 9.60. The Kier molecular flexibility index (Phi) is 3.99. The number of aromatic nitrogens is 2. The highest BCUT2D eigenvalue weighted by Crippen LogP contribution is 2.27. The van der Waals surface area contributed by atoms with Crippen LogP contribution in [0.15, 0.2) is 24.4 Å². The van der Waals surface area contributed by atoms with Crippen LogP contribution in [0, 0.1) is 6.92 Å². The average Bonchev–Trinajstić information content (AvgIpc) is 2.88. The number of phenolic OH excluding ortho intramolecular Hbond substituents is 1. The van der Waals surface area contributed by atoms with Crippen LogP contribution in [0.1, 0.15) is 15.9 Å². The highest BCUT2D eigenvalue weighted by atomic mass is 16.5. The number of rotatable bonds is 5. The highest BCUT2D eigenvalue weighted by molar-refractivity contribution is 5.91. The maximum absolute atomic E-state index is 11.6. The first-order valence-electron chi connectivity index (χ1n) is 5.81. The number of aldehydes is 1. The van der Waals surface area contributed by atoms with Crippen molar-refractivity contribution < 1.29 is 19.4 Å². The zero-order chi connectivity index (χ0) is 14.5. The molecule has 0 spiro atoms. The largest absolute Gasteiger partial charge is 0.507 e. The number of ether oxygens (including phenoxy) is 1. The molecule has 0 aliphatic rings. The lowest BCUT2D eigenvalue weighted by Crippen LogP contribution is -2.20. The van der Waals surface area contributed by atoms with Gasteiger partial charge in [0.1, 0.15) is 17.3 Å². The van der Waals surface area contributed by atoms with Crippen LogP contribution >= 0.6 is 0 Å². The number of aromatic amines is 1. The Morgan fingerprint density at radius 2 is 2.35 bits per heavy atom. The van der Waals surface area contributed by atoms with Crippen LogP contribution in [0.5, 0.6) is 11.5 Å². The molecule has 3 N–H and O–H groups in total. The molecule has 1 amide bonds. The molecule has 0 fully saturated rings. The molecule has 0 bridgehead atoms. The predicted molar refractivity (Wildman–Crippen MR) is 70.9 cm³/mol. The van der Waals surface area contributed by atoms with E-state index in [0.29, 0.717) is 12.1 Å². The molecule has 0 saturated heterocycles. The van der Waals surface area contributed by atoms with Crippen LogP contribution < -0.4 is 10.1 Å². The minimum Gasteiger partial charge on any atom is -0.507 e. The number of carbonyl (C=O) groups excluding carboxylic acids is 2. The summed E-state index contributed by atoms with van der Waals surface area (Å²) in [6.45, 7) is 1.45. The monoisotopic (exact) mass is 275 g/mol. The zero-order valence-corrected chi connectivity index (χ0v) is 10.7. The summed E-state index contributed by atoms with van der Waals surface area (Å²) < 4.78 is 5.26. The number of benzene rings is 1. The lowest BCUT2D eigenvalue weighted by molar-refractivity contribution is -0.118. The van der Waals surface area contributed by atoms with Gasteiger partial charge in [0.05, 0.1) is 11.8 Å². The molecule has 2 rings (SSSR count). The van der Waals surface area contributed by atoms with Crippen LogP contribution in [-0.4, -0.2) is 34.1 Å². The Balaban J connectivity index is 2.03. The van der Waals surface area contributed by atoms with E-state index in [-0.39, 0.29) is 23.7 Å². The van der Waals surface area contributed by atoms with Crippen molar-refractivity contribution in [3.05, 3.63) is 35.5 Å². The Bertz CT molecular complexity index is 623. The summed E-state index contributed by atoms with van der Waals surface area (Å²) in [6.07, 6.45) is 1.98. The van der Waals surface area contributed by atoms with Crippen molar-refractivity contribution in [3.8, 4) is 11.5 Å². The van der Waals surface area contributed by atoms with Gasteiger partial charge in [0.15, 0.2) is 12.9 Å². The minimum absolute atomic E-state index is 0.0185. The molecule has 7 nitrogen and oxygen atoms in total. The van der Waals surface area contributed by atoms with Crippen LogP contribution in [0.3, 0.4) is 0 Å². The zero-order valence-electron chi connectivity index (χ0n) is 10.7. The molecule has 2 aromatic rings. The molecule has 1 aromatic heterocycles. The number of nitrogens with one attached hydrogen (secondary N) is 2. The third kappa shape index (κ3) is 3.14. The van der Waals surface area contributed by atoms with Gasteiger partial charge in [0, 0.05) is 6.07 Å². The van der Waals surface area contributed by atoms with Crippen molar-refractivity contribution in [2.75, 3.05) is 11.9 Å². The Morgan fingerprint density at radius 3 is 3.00 bits per heavy atom. The molecular formula is C13H13N3O4. The van der Waals surface area contributed by atoms with Crippen molar-refractivity contribution in [3.63, 3.8) is 0 Å². The molecule has 1 heterocycles. The lowest BCUT2D eigenvalue weighted by Gasteiger charge is -2.10. The van der Waals surface area contributed by atoms with E-state index in [1.165, 1.54) is 12.3 Å². The topological polar surface area (TPSA) is 104 Å². The Labute approximate surface area is 114 Å². The quantitative estimate of drug-likeness (QED) is 0.712. The van der Waals surface area contributed by atoms with Gasteiger partial charge >= 0.3 is 0 Å². The summed E-state index contributed by atoms with van der Waals surface area (Å²) in [7, 11) is 0. The smallest absolute Gasteiger partial charge is 0.263 e. The lowest BCUT2D eigenvalue weighted by atomic mass is 10.1. The molecule has 7 heteroatoms. The molecule has 1 aromatic carbocycles. The van der Waals surface area contributed by atoms with Crippen molar-refractivity contribution in [1.82, 2.24) is 10.2 Å². The van der Waals surface area contributed by atoms with E-state index >= 15 is 0 Å². The summed E-state index contributed by atoms with van der Waals surface area (Å²) in [5, 5.41) is 18.4. The fourth-order valence-corrected chi connectivity index (χ4v) is 1.64. The second-order valence-electron chi connectivity index (χ2n) is 4.12. The number of carbonyl (C=O) groups is 2. The predicted octanol–water partition coefficient (Wildman–Crippen LogP) is 1.25. The third-order valence-corrected chi connectivity index (χ3v) is 2.52. The van der Waals surface area contributed by atoms with E-state index in [1.807, 2.05) is 0 Å². The van der Waals surface area contributed by atoms with Gasteiger partial charge in [-0.1, -0.05) is 0 Å². The summed E-state index contributed by atoms with van der Waals surface area (Å²) >= 11 is 0. The fourth-order valence-electron chi connectivity index (χ4n) is 1.64. The van der Waals surface area contributed by atoms with Gasteiger partial charge in [-0.25, -0.2) is 0 Å². The SMILES string of the molecule is Cc1cc(O)c(C=O)c(OCC(=O)Nc2ccn[nH]2)c1. The van der Waals surface area contributed by atoms with E-state index in [1.54, 1.807) is 19.1 Å².